The molecule has 0 unspecified atom stereocenters. The van der Waals surface area contributed by atoms with Gasteiger partial charge in [-0.2, -0.15) is 0 Å². The number of aromatic carboxylic acids is 2. The number of benzene rings is 2. The Balaban J connectivity index is 3.10. The fraction of sp³-hybridized carbons (Fsp3) is 0.0714. The van der Waals surface area contributed by atoms with Crippen LogP contribution in [-0.4, -0.2) is 28.1 Å². The Hall–Kier alpha value is -2.89. The molecule has 2 rings (SSSR count). The third-order valence-electron chi connectivity index (χ3n) is 3.10. The first kappa shape index (κ1) is 13.5. The number of aryl methyl sites for hydroxylation is 1. The van der Waals surface area contributed by atoms with Gasteiger partial charge in [0.15, 0.2) is 0 Å². The van der Waals surface area contributed by atoms with Crippen LogP contribution >= 0.6 is 0 Å². The highest BCUT2D eigenvalue weighted by Crippen LogP contribution is 2.29. The number of carboxylic acids is 2. The third kappa shape index (κ3) is 1.97. The van der Waals surface area contributed by atoms with Crippen molar-refractivity contribution in [2.75, 3.05) is 0 Å². The molecule has 0 aliphatic carbocycles. The molecule has 6 heteroatoms. The van der Waals surface area contributed by atoms with Crippen LogP contribution in [0.3, 0.4) is 0 Å². The molecule has 2 aromatic carbocycles. The second-order valence-electron chi connectivity index (χ2n) is 4.32. The number of rotatable bonds is 3. The number of carbonyl (C=O) groups excluding carboxylic acids is 1. The summed E-state index contributed by atoms with van der Waals surface area (Å²) in [6, 6.07) is 5.32. The van der Waals surface area contributed by atoms with Crippen molar-refractivity contribution in [2.45, 2.75) is 6.92 Å². The van der Waals surface area contributed by atoms with E-state index in [1.54, 1.807) is 6.92 Å². The van der Waals surface area contributed by atoms with Crippen LogP contribution in [0.1, 0.15) is 36.6 Å². The van der Waals surface area contributed by atoms with E-state index < -0.39 is 17.8 Å². The first-order chi connectivity index (χ1) is 9.34. The fourth-order valence-corrected chi connectivity index (χ4v) is 2.23. The van der Waals surface area contributed by atoms with Gasteiger partial charge in [-0.1, -0.05) is 6.07 Å². The molecule has 102 valence electrons. The fourth-order valence-electron chi connectivity index (χ4n) is 2.23. The second kappa shape index (κ2) is 4.65. The first-order valence-electron chi connectivity index (χ1n) is 5.67. The van der Waals surface area contributed by atoms with Crippen LogP contribution in [0.25, 0.3) is 10.8 Å². The lowest BCUT2D eigenvalue weighted by Gasteiger charge is -2.12. The maximum atomic E-state index is 11.5. The molecule has 1 amide bonds. The molecule has 0 aliphatic rings. The molecule has 0 aliphatic heterocycles. The molecule has 6 nitrogen and oxygen atoms in total. The van der Waals surface area contributed by atoms with Crippen LogP contribution in [0.5, 0.6) is 0 Å². The number of amides is 1. The number of carboxylic acid groups (broad SMARTS) is 2. The first-order valence-corrected chi connectivity index (χ1v) is 5.67. The van der Waals surface area contributed by atoms with Gasteiger partial charge in [0.25, 0.3) is 0 Å². The Kier molecular flexibility index (Phi) is 3.15. The Morgan fingerprint density at radius 2 is 1.30 bits per heavy atom. The summed E-state index contributed by atoms with van der Waals surface area (Å²) in [7, 11) is 0. The van der Waals surface area contributed by atoms with Crippen molar-refractivity contribution in [3.8, 4) is 0 Å². The number of hydrogen-bond donors (Lipinski definition) is 3. The zero-order valence-electron chi connectivity index (χ0n) is 10.5. The predicted octanol–water partition coefficient (Wildman–Crippen LogP) is 1.64. The highest BCUT2D eigenvalue weighted by Gasteiger charge is 2.21. The van der Waals surface area contributed by atoms with Crippen molar-refractivity contribution in [1.82, 2.24) is 0 Å². The molecule has 0 aromatic heterocycles. The zero-order chi connectivity index (χ0) is 15.0. The summed E-state index contributed by atoms with van der Waals surface area (Å²) in [5.74, 6) is -3.25. The largest absolute Gasteiger partial charge is 0.478 e. The summed E-state index contributed by atoms with van der Waals surface area (Å²) in [6.07, 6.45) is 0. The van der Waals surface area contributed by atoms with Crippen LogP contribution < -0.4 is 5.73 Å². The smallest absolute Gasteiger partial charge is 0.336 e. The maximum Gasteiger partial charge on any atom is 0.336 e. The molecular formula is C14H11NO5. The van der Waals surface area contributed by atoms with Gasteiger partial charge in [-0.3, -0.25) is 4.79 Å². The maximum absolute atomic E-state index is 11.5. The Labute approximate surface area is 113 Å². The van der Waals surface area contributed by atoms with Crippen molar-refractivity contribution in [3.05, 3.63) is 46.5 Å². The van der Waals surface area contributed by atoms with Gasteiger partial charge in [0.2, 0.25) is 5.91 Å². The number of primary amides is 1. The van der Waals surface area contributed by atoms with Gasteiger partial charge in [-0.05, 0) is 30.7 Å². The monoisotopic (exact) mass is 273 g/mol. The minimum atomic E-state index is -1.25. The molecule has 0 saturated heterocycles. The molecule has 20 heavy (non-hydrogen) atoms. The molecule has 0 heterocycles. The van der Waals surface area contributed by atoms with E-state index in [1.165, 1.54) is 24.3 Å². The van der Waals surface area contributed by atoms with Gasteiger partial charge in [-0.25, -0.2) is 9.59 Å². The van der Waals surface area contributed by atoms with Crippen molar-refractivity contribution < 1.29 is 24.6 Å². The number of nitrogens with two attached hydrogens (primary N) is 1. The van der Waals surface area contributed by atoms with Crippen molar-refractivity contribution >= 4 is 28.6 Å². The quantitative estimate of drug-likeness (QED) is 0.785. The molecular weight excluding hydrogens is 262 g/mol. The van der Waals surface area contributed by atoms with Gasteiger partial charge < -0.3 is 15.9 Å². The van der Waals surface area contributed by atoms with Crippen LogP contribution in [-0.2, 0) is 0 Å². The summed E-state index contributed by atoms with van der Waals surface area (Å²) in [4.78, 5) is 34.0. The number of carbonyl (C=O) groups is 3. The van der Waals surface area contributed by atoms with Crippen LogP contribution in [0.15, 0.2) is 24.3 Å². The van der Waals surface area contributed by atoms with E-state index in [-0.39, 0.29) is 27.5 Å². The molecule has 0 atom stereocenters. The Bertz CT molecular complexity index is 743. The third-order valence-corrected chi connectivity index (χ3v) is 3.10. The lowest BCUT2D eigenvalue weighted by molar-refractivity contribution is 0.0686. The lowest BCUT2D eigenvalue weighted by Crippen LogP contribution is -2.14. The normalized spacial score (nSPS) is 10.4. The molecule has 2 aromatic rings. The van der Waals surface area contributed by atoms with E-state index in [1.807, 2.05) is 0 Å². The number of fused-ring (bicyclic) bond motifs is 1. The van der Waals surface area contributed by atoms with Gasteiger partial charge in [0.1, 0.15) is 0 Å². The second-order valence-corrected chi connectivity index (χ2v) is 4.32. The minimum absolute atomic E-state index is 0.00824. The van der Waals surface area contributed by atoms with E-state index in [2.05, 4.69) is 0 Å². The lowest BCUT2D eigenvalue weighted by atomic mass is 9.92. The minimum Gasteiger partial charge on any atom is -0.478 e. The topological polar surface area (TPSA) is 118 Å². The summed E-state index contributed by atoms with van der Waals surface area (Å²) in [6.45, 7) is 1.64. The molecule has 4 N–H and O–H groups in total. The van der Waals surface area contributed by atoms with Gasteiger partial charge in [0.05, 0.1) is 11.1 Å². The SMILES string of the molecule is Cc1ccc(C(=O)O)c2c(C(N)=O)ccc(C(=O)O)c12. The summed E-state index contributed by atoms with van der Waals surface area (Å²) >= 11 is 0. The molecule has 0 bridgehead atoms. The average molecular weight is 273 g/mol. The van der Waals surface area contributed by atoms with Crippen molar-refractivity contribution in [3.63, 3.8) is 0 Å². The molecule has 0 radical (unpaired) electrons. The van der Waals surface area contributed by atoms with Crippen molar-refractivity contribution in [2.24, 2.45) is 5.73 Å². The number of hydrogen-bond acceptors (Lipinski definition) is 3. The van der Waals surface area contributed by atoms with E-state index in [9.17, 15) is 24.6 Å². The Morgan fingerprint density at radius 3 is 1.80 bits per heavy atom. The van der Waals surface area contributed by atoms with Crippen LogP contribution in [0.4, 0.5) is 0 Å². The summed E-state index contributed by atoms with van der Waals surface area (Å²) in [5.41, 5.74) is 5.58. The van der Waals surface area contributed by atoms with E-state index in [0.29, 0.717) is 5.56 Å². The summed E-state index contributed by atoms with van der Waals surface area (Å²) < 4.78 is 0. The van der Waals surface area contributed by atoms with Crippen LogP contribution in [0.2, 0.25) is 0 Å². The molecule has 0 saturated carbocycles. The molecule has 0 spiro atoms. The predicted molar refractivity (Wildman–Crippen MR) is 71.1 cm³/mol. The molecule has 0 fully saturated rings. The average Bonchev–Trinajstić information content (AvgIpc) is 2.37. The summed E-state index contributed by atoms with van der Waals surface area (Å²) in [5, 5.41) is 18.7. The van der Waals surface area contributed by atoms with Gasteiger partial charge in [-0.15, -0.1) is 0 Å². The van der Waals surface area contributed by atoms with Crippen molar-refractivity contribution in [1.29, 1.82) is 0 Å². The highest BCUT2D eigenvalue weighted by molar-refractivity contribution is 6.18. The highest BCUT2D eigenvalue weighted by atomic mass is 16.4. The standard InChI is InChI=1S/C14H11NO5/c1-6-2-3-9(14(19)20)11-7(12(15)16)4-5-8(10(6)11)13(17)18/h2-5H,1H3,(H2,15,16)(H,17,18)(H,19,20). The van der Waals surface area contributed by atoms with Crippen LogP contribution in [0, 0.1) is 6.92 Å². The Morgan fingerprint density at radius 1 is 0.850 bits per heavy atom. The van der Waals surface area contributed by atoms with E-state index in [4.69, 9.17) is 5.73 Å². The van der Waals surface area contributed by atoms with Gasteiger partial charge in [0, 0.05) is 16.3 Å². The van der Waals surface area contributed by atoms with E-state index in [0.717, 1.165) is 0 Å². The van der Waals surface area contributed by atoms with Gasteiger partial charge >= 0.3 is 11.9 Å². The van der Waals surface area contributed by atoms with E-state index >= 15 is 0 Å². The zero-order valence-corrected chi connectivity index (χ0v) is 10.5.